The number of allylic oxidation sites excluding steroid dienone is 2. The summed E-state index contributed by atoms with van der Waals surface area (Å²) in [5, 5.41) is 3.70. The molecule has 3 heteroatoms. The molecule has 0 saturated carbocycles. The van der Waals surface area contributed by atoms with Gasteiger partial charge < -0.3 is 5.32 Å². The van der Waals surface area contributed by atoms with Crippen molar-refractivity contribution in [3.05, 3.63) is 12.2 Å². The Labute approximate surface area is 87.9 Å². The minimum Gasteiger partial charge on any atom is -0.356 e. The average Bonchev–Trinajstić information content (AvgIpc) is 2.17. The molecule has 13 heavy (non-hydrogen) atoms. The van der Waals surface area contributed by atoms with E-state index in [0.29, 0.717) is 12.3 Å². The molecule has 1 atom stereocenters. The molecule has 0 aliphatic heterocycles. The van der Waals surface area contributed by atoms with E-state index in [1.165, 1.54) is 12.8 Å². The van der Waals surface area contributed by atoms with Gasteiger partial charge in [0.25, 0.3) is 0 Å². The average molecular weight is 246 g/mol. The van der Waals surface area contributed by atoms with E-state index in [4.69, 9.17) is 0 Å². The zero-order valence-corrected chi connectivity index (χ0v) is 9.35. The summed E-state index contributed by atoms with van der Waals surface area (Å²) >= 11 is 3.24. The first-order valence-electron chi connectivity index (χ1n) is 4.80. The molecule has 0 aromatic heterocycles. The quantitative estimate of drug-likeness (QED) is 0.598. The van der Waals surface area contributed by atoms with Crippen LogP contribution in [0, 0.1) is 5.92 Å². The summed E-state index contributed by atoms with van der Waals surface area (Å²) < 4.78 is 0. The number of hydrogen-bond acceptors (Lipinski definition) is 1. The Balaban J connectivity index is 2.11. The predicted molar refractivity (Wildman–Crippen MR) is 57.9 cm³/mol. The summed E-state index contributed by atoms with van der Waals surface area (Å²) in [4.78, 5) is 11.1. The van der Waals surface area contributed by atoms with Gasteiger partial charge in [-0.1, -0.05) is 28.1 Å². The van der Waals surface area contributed by atoms with Crippen molar-refractivity contribution in [2.75, 3.05) is 11.9 Å². The number of carbonyl (C=O) groups excluding carboxylic acids is 1. The summed E-state index contributed by atoms with van der Waals surface area (Å²) in [5.41, 5.74) is 0. The Morgan fingerprint density at radius 2 is 2.38 bits per heavy atom. The van der Waals surface area contributed by atoms with Gasteiger partial charge in [-0.3, -0.25) is 4.79 Å². The number of nitrogens with one attached hydrogen (secondary N) is 1. The number of rotatable bonds is 4. The van der Waals surface area contributed by atoms with Crippen molar-refractivity contribution in [3.63, 3.8) is 0 Å². The van der Waals surface area contributed by atoms with Crippen LogP contribution in [-0.2, 0) is 4.79 Å². The van der Waals surface area contributed by atoms with Crippen LogP contribution >= 0.6 is 15.9 Å². The Bertz CT molecular complexity index is 191. The van der Waals surface area contributed by atoms with Gasteiger partial charge in [-0.15, -0.1) is 0 Å². The van der Waals surface area contributed by atoms with Crippen molar-refractivity contribution < 1.29 is 4.79 Å². The Morgan fingerprint density at radius 3 is 3.00 bits per heavy atom. The molecular formula is C10H16BrNO. The molecule has 0 heterocycles. The second kappa shape index (κ2) is 6.19. The molecule has 74 valence electrons. The highest BCUT2D eigenvalue weighted by atomic mass is 79.9. The van der Waals surface area contributed by atoms with Crippen LogP contribution in [0.2, 0.25) is 0 Å². The molecule has 1 unspecified atom stereocenters. The number of carbonyl (C=O) groups is 1. The lowest BCUT2D eigenvalue weighted by atomic mass is 9.94. The molecule has 0 aromatic carbocycles. The van der Waals surface area contributed by atoms with Gasteiger partial charge in [0.1, 0.15) is 0 Å². The SMILES string of the molecule is O=C(CCBr)NCC1CC=CCC1. The molecule has 0 saturated heterocycles. The topological polar surface area (TPSA) is 29.1 Å². The molecule has 1 aliphatic rings. The van der Waals surface area contributed by atoms with Gasteiger partial charge >= 0.3 is 0 Å². The summed E-state index contributed by atoms with van der Waals surface area (Å²) in [6.45, 7) is 0.843. The van der Waals surface area contributed by atoms with E-state index >= 15 is 0 Å². The molecule has 0 spiro atoms. The molecule has 1 rings (SSSR count). The highest BCUT2D eigenvalue weighted by Gasteiger charge is 2.10. The molecule has 1 N–H and O–H groups in total. The second-order valence-corrected chi connectivity index (χ2v) is 4.19. The van der Waals surface area contributed by atoms with Gasteiger partial charge in [0.2, 0.25) is 5.91 Å². The Hall–Kier alpha value is -0.310. The van der Waals surface area contributed by atoms with Crippen LogP contribution in [0.4, 0.5) is 0 Å². The zero-order valence-electron chi connectivity index (χ0n) is 7.76. The van der Waals surface area contributed by atoms with Crippen LogP contribution in [-0.4, -0.2) is 17.8 Å². The first kappa shape index (κ1) is 10.8. The fraction of sp³-hybridized carbons (Fsp3) is 0.700. The maximum Gasteiger partial charge on any atom is 0.220 e. The number of amides is 1. The maximum atomic E-state index is 11.1. The molecule has 0 aromatic rings. The van der Waals surface area contributed by atoms with Crippen LogP contribution in [0.1, 0.15) is 25.7 Å². The Morgan fingerprint density at radius 1 is 1.54 bits per heavy atom. The van der Waals surface area contributed by atoms with E-state index in [0.717, 1.165) is 18.3 Å². The first-order chi connectivity index (χ1) is 6.33. The lowest BCUT2D eigenvalue weighted by molar-refractivity contribution is -0.120. The predicted octanol–water partition coefficient (Wildman–Crippen LogP) is 2.24. The highest BCUT2D eigenvalue weighted by molar-refractivity contribution is 9.09. The van der Waals surface area contributed by atoms with Gasteiger partial charge in [-0.2, -0.15) is 0 Å². The van der Waals surface area contributed by atoms with Gasteiger partial charge in [0.15, 0.2) is 0 Å². The van der Waals surface area contributed by atoms with Crippen LogP contribution in [0.3, 0.4) is 0 Å². The van der Waals surface area contributed by atoms with Gasteiger partial charge in [-0.25, -0.2) is 0 Å². The van der Waals surface area contributed by atoms with E-state index < -0.39 is 0 Å². The van der Waals surface area contributed by atoms with E-state index in [9.17, 15) is 4.79 Å². The molecular weight excluding hydrogens is 230 g/mol. The van der Waals surface area contributed by atoms with Crippen molar-refractivity contribution in [1.29, 1.82) is 0 Å². The molecule has 0 radical (unpaired) electrons. The van der Waals surface area contributed by atoms with E-state index in [-0.39, 0.29) is 5.91 Å². The van der Waals surface area contributed by atoms with Crippen molar-refractivity contribution >= 4 is 21.8 Å². The lowest BCUT2D eigenvalue weighted by Crippen LogP contribution is -2.29. The third kappa shape index (κ3) is 4.46. The second-order valence-electron chi connectivity index (χ2n) is 3.39. The largest absolute Gasteiger partial charge is 0.356 e. The molecule has 2 nitrogen and oxygen atoms in total. The summed E-state index contributed by atoms with van der Waals surface area (Å²) in [6, 6.07) is 0. The number of halogens is 1. The van der Waals surface area contributed by atoms with Crippen molar-refractivity contribution in [2.45, 2.75) is 25.7 Å². The highest BCUT2D eigenvalue weighted by Crippen LogP contribution is 2.16. The fourth-order valence-electron chi connectivity index (χ4n) is 1.47. The number of hydrogen-bond donors (Lipinski definition) is 1. The third-order valence-corrected chi connectivity index (χ3v) is 2.68. The minimum absolute atomic E-state index is 0.159. The van der Waals surface area contributed by atoms with Gasteiger partial charge in [-0.05, 0) is 25.2 Å². The maximum absolute atomic E-state index is 11.1. The van der Waals surface area contributed by atoms with Crippen molar-refractivity contribution in [3.8, 4) is 0 Å². The normalized spacial score (nSPS) is 21.5. The smallest absolute Gasteiger partial charge is 0.220 e. The summed E-state index contributed by atoms with van der Waals surface area (Å²) in [5.74, 6) is 0.815. The monoisotopic (exact) mass is 245 g/mol. The van der Waals surface area contributed by atoms with E-state index in [1.807, 2.05) is 0 Å². The van der Waals surface area contributed by atoms with Crippen LogP contribution in [0.15, 0.2) is 12.2 Å². The van der Waals surface area contributed by atoms with Crippen LogP contribution in [0.5, 0.6) is 0 Å². The number of alkyl halides is 1. The van der Waals surface area contributed by atoms with E-state index in [1.54, 1.807) is 0 Å². The molecule has 0 fully saturated rings. The van der Waals surface area contributed by atoms with Crippen LogP contribution < -0.4 is 5.32 Å². The van der Waals surface area contributed by atoms with Gasteiger partial charge in [0, 0.05) is 18.3 Å². The standard InChI is InChI=1S/C10H16BrNO/c11-7-6-10(13)12-8-9-4-2-1-3-5-9/h1-2,9H,3-8H2,(H,12,13). The molecule has 0 bridgehead atoms. The van der Waals surface area contributed by atoms with Gasteiger partial charge in [0.05, 0.1) is 0 Å². The van der Waals surface area contributed by atoms with E-state index in [2.05, 4.69) is 33.4 Å². The first-order valence-corrected chi connectivity index (χ1v) is 5.92. The van der Waals surface area contributed by atoms with Crippen molar-refractivity contribution in [2.24, 2.45) is 5.92 Å². The molecule has 1 amide bonds. The summed E-state index contributed by atoms with van der Waals surface area (Å²) in [7, 11) is 0. The third-order valence-electron chi connectivity index (χ3n) is 2.29. The zero-order chi connectivity index (χ0) is 9.52. The minimum atomic E-state index is 0.159. The van der Waals surface area contributed by atoms with Crippen molar-refractivity contribution in [1.82, 2.24) is 5.32 Å². The summed E-state index contributed by atoms with van der Waals surface area (Å²) in [6.07, 6.45) is 8.52. The fourth-order valence-corrected chi connectivity index (χ4v) is 1.83. The Kier molecular flexibility index (Phi) is 5.13. The van der Waals surface area contributed by atoms with Crippen LogP contribution in [0.25, 0.3) is 0 Å². The molecule has 1 aliphatic carbocycles. The lowest BCUT2D eigenvalue weighted by Gasteiger charge is -2.17.